The molecule has 34 heavy (non-hydrogen) atoms. The van der Waals surface area contributed by atoms with Crippen LogP contribution in [0.1, 0.15) is 46.0 Å². The summed E-state index contributed by atoms with van der Waals surface area (Å²) in [5.41, 5.74) is 0. The number of carbonyl (C=O) groups excluding carboxylic acids is 2. The maximum absolute atomic E-state index is 13.4. The molecule has 0 aliphatic rings. The van der Waals surface area contributed by atoms with E-state index in [0.29, 0.717) is 13.0 Å². The lowest BCUT2D eigenvalue weighted by Gasteiger charge is -2.27. The van der Waals surface area contributed by atoms with E-state index in [4.69, 9.17) is 9.84 Å². The molecule has 0 spiro atoms. The standard InChI is InChI=1S/C25H33NO7S/c1-3-4-7-14-26(15-16-33-19(2)27)25(30)22(11-13-24(28)29)18-34(31,32)23-12-10-20-8-5-6-9-21(20)17-23/h5-6,8-10,12,17,22H,3-4,7,11,13-16,18H2,1-2H3,(H,28,29). The largest absolute Gasteiger partial charge is 0.481 e. The lowest BCUT2D eigenvalue weighted by atomic mass is 10.0. The van der Waals surface area contributed by atoms with Gasteiger partial charge in [-0.2, -0.15) is 0 Å². The van der Waals surface area contributed by atoms with Gasteiger partial charge >= 0.3 is 11.9 Å². The number of ether oxygens (including phenoxy) is 1. The first kappa shape index (κ1) is 27.3. The van der Waals surface area contributed by atoms with Gasteiger partial charge in [0, 0.05) is 19.9 Å². The minimum absolute atomic E-state index is 0.00370. The van der Waals surface area contributed by atoms with Crippen molar-refractivity contribution in [3.63, 3.8) is 0 Å². The molecule has 0 aliphatic carbocycles. The van der Waals surface area contributed by atoms with Gasteiger partial charge in [-0.3, -0.25) is 14.4 Å². The molecule has 186 valence electrons. The predicted molar refractivity (Wildman–Crippen MR) is 129 cm³/mol. The van der Waals surface area contributed by atoms with E-state index in [1.807, 2.05) is 31.2 Å². The summed E-state index contributed by atoms with van der Waals surface area (Å²) in [6.07, 6.45) is 2.11. The zero-order chi connectivity index (χ0) is 25.1. The van der Waals surface area contributed by atoms with Crippen LogP contribution in [0, 0.1) is 5.92 Å². The van der Waals surface area contributed by atoms with Crippen molar-refractivity contribution in [3.05, 3.63) is 42.5 Å². The summed E-state index contributed by atoms with van der Waals surface area (Å²) >= 11 is 0. The molecule has 0 fully saturated rings. The molecule has 0 aromatic heterocycles. The lowest BCUT2D eigenvalue weighted by Crippen LogP contribution is -2.41. The molecule has 0 bridgehead atoms. The van der Waals surface area contributed by atoms with Gasteiger partial charge in [0.15, 0.2) is 9.84 Å². The first-order chi connectivity index (χ1) is 16.1. The van der Waals surface area contributed by atoms with Crippen LogP contribution in [0.15, 0.2) is 47.4 Å². The average molecular weight is 492 g/mol. The third-order valence-corrected chi connectivity index (χ3v) is 7.38. The molecule has 0 heterocycles. The molecular formula is C25H33NO7S. The third kappa shape index (κ3) is 8.44. The Morgan fingerprint density at radius 1 is 1.03 bits per heavy atom. The normalized spacial score (nSPS) is 12.3. The molecule has 1 N–H and O–H groups in total. The highest BCUT2D eigenvalue weighted by Gasteiger charge is 2.30. The van der Waals surface area contributed by atoms with Gasteiger partial charge in [0.1, 0.15) is 6.61 Å². The highest BCUT2D eigenvalue weighted by molar-refractivity contribution is 7.91. The summed E-state index contributed by atoms with van der Waals surface area (Å²) < 4.78 is 31.4. The van der Waals surface area contributed by atoms with Crippen LogP contribution in [-0.4, -0.2) is 61.7 Å². The van der Waals surface area contributed by atoms with Gasteiger partial charge in [0.2, 0.25) is 5.91 Å². The predicted octanol–water partition coefficient (Wildman–Crippen LogP) is 3.68. The Labute approximate surface area is 200 Å². The van der Waals surface area contributed by atoms with Gasteiger partial charge in [0.25, 0.3) is 0 Å². The van der Waals surface area contributed by atoms with Gasteiger partial charge in [0.05, 0.1) is 23.1 Å². The first-order valence-corrected chi connectivity index (χ1v) is 13.1. The number of carbonyl (C=O) groups is 3. The zero-order valence-corrected chi connectivity index (χ0v) is 20.6. The number of carboxylic acids is 1. The Bertz CT molecular complexity index is 1100. The van der Waals surface area contributed by atoms with Gasteiger partial charge in [-0.05, 0) is 35.7 Å². The number of esters is 1. The van der Waals surface area contributed by atoms with Crippen LogP contribution in [0.4, 0.5) is 0 Å². The van der Waals surface area contributed by atoms with Crippen molar-refractivity contribution >= 4 is 38.5 Å². The van der Waals surface area contributed by atoms with E-state index in [2.05, 4.69) is 0 Å². The van der Waals surface area contributed by atoms with Gasteiger partial charge in [-0.1, -0.05) is 50.1 Å². The number of sulfone groups is 1. The van der Waals surface area contributed by atoms with E-state index in [0.717, 1.165) is 23.6 Å². The molecule has 0 aliphatic heterocycles. The third-order valence-electron chi connectivity index (χ3n) is 5.57. The van der Waals surface area contributed by atoms with Crippen LogP contribution >= 0.6 is 0 Å². The van der Waals surface area contributed by atoms with Gasteiger partial charge < -0.3 is 14.7 Å². The summed E-state index contributed by atoms with van der Waals surface area (Å²) in [6, 6.07) is 12.2. The van der Waals surface area contributed by atoms with Crippen molar-refractivity contribution in [2.45, 2.75) is 50.8 Å². The molecule has 9 heteroatoms. The number of rotatable bonds is 14. The zero-order valence-electron chi connectivity index (χ0n) is 19.7. The van der Waals surface area contributed by atoms with Crippen molar-refractivity contribution in [2.75, 3.05) is 25.4 Å². The van der Waals surface area contributed by atoms with E-state index in [1.54, 1.807) is 12.1 Å². The smallest absolute Gasteiger partial charge is 0.303 e. The Balaban J connectivity index is 2.27. The molecule has 2 aromatic carbocycles. The molecule has 0 saturated heterocycles. The monoisotopic (exact) mass is 491 g/mol. The topological polar surface area (TPSA) is 118 Å². The Hall–Kier alpha value is -2.94. The van der Waals surface area contributed by atoms with Crippen LogP contribution in [0.2, 0.25) is 0 Å². The molecule has 0 radical (unpaired) electrons. The quantitative estimate of drug-likeness (QED) is 0.316. The minimum atomic E-state index is -3.86. The molecular weight excluding hydrogens is 458 g/mol. The second-order valence-corrected chi connectivity index (χ2v) is 10.3. The maximum atomic E-state index is 13.4. The summed E-state index contributed by atoms with van der Waals surface area (Å²) in [7, 11) is -3.86. The fourth-order valence-corrected chi connectivity index (χ4v) is 5.35. The highest BCUT2D eigenvalue weighted by Crippen LogP contribution is 2.23. The summed E-state index contributed by atoms with van der Waals surface area (Å²) in [5.74, 6) is -3.52. The number of hydrogen-bond acceptors (Lipinski definition) is 6. The van der Waals surface area contributed by atoms with Crippen molar-refractivity contribution in [1.82, 2.24) is 4.90 Å². The summed E-state index contributed by atoms with van der Waals surface area (Å²) in [5, 5.41) is 10.8. The number of fused-ring (bicyclic) bond motifs is 1. The average Bonchev–Trinajstić information content (AvgIpc) is 2.79. The Morgan fingerprint density at radius 3 is 2.38 bits per heavy atom. The molecule has 2 aromatic rings. The summed E-state index contributed by atoms with van der Waals surface area (Å²) in [6.45, 7) is 3.80. The number of benzene rings is 2. The number of unbranched alkanes of at least 4 members (excludes halogenated alkanes) is 2. The van der Waals surface area contributed by atoms with Crippen molar-refractivity contribution in [3.8, 4) is 0 Å². The molecule has 0 saturated carbocycles. The molecule has 1 amide bonds. The Morgan fingerprint density at radius 2 is 1.74 bits per heavy atom. The number of aliphatic carboxylic acids is 1. The summed E-state index contributed by atoms with van der Waals surface area (Å²) in [4.78, 5) is 37.3. The second-order valence-electron chi connectivity index (χ2n) is 8.29. The second kappa shape index (κ2) is 13.1. The molecule has 2 rings (SSSR count). The van der Waals surface area contributed by atoms with E-state index >= 15 is 0 Å². The first-order valence-electron chi connectivity index (χ1n) is 11.5. The molecule has 8 nitrogen and oxygen atoms in total. The number of amides is 1. The van der Waals surface area contributed by atoms with Crippen LogP contribution in [0.3, 0.4) is 0 Å². The SMILES string of the molecule is CCCCCN(CCOC(C)=O)C(=O)C(CCC(=O)O)CS(=O)(=O)c1ccc2ccccc2c1. The minimum Gasteiger partial charge on any atom is -0.481 e. The van der Waals surface area contributed by atoms with E-state index in [1.165, 1.54) is 17.9 Å². The lowest BCUT2D eigenvalue weighted by molar-refractivity contribution is -0.145. The van der Waals surface area contributed by atoms with E-state index in [-0.39, 0.29) is 30.9 Å². The molecule has 1 unspecified atom stereocenters. The van der Waals surface area contributed by atoms with Crippen LogP contribution in [0.5, 0.6) is 0 Å². The maximum Gasteiger partial charge on any atom is 0.303 e. The van der Waals surface area contributed by atoms with Crippen molar-refractivity contribution in [2.24, 2.45) is 5.92 Å². The van der Waals surface area contributed by atoms with E-state index < -0.39 is 39.4 Å². The fraction of sp³-hybridized carbons (Fsp3) is 0.480. The van der Waals surface area contributed by atoms with E-state index in [9.17, 15) is 22.8 Å². The van der Waals surface area contributed by atoms with Crippen LogP contribution < -0.4 is 0 Å². The van der Waals surface area contributed by atoms with Gasteiger partial charge in [-0.25, -0.2) is 8.42 Å². The van der Waals surface area contributed by atoms with Crippen molar-refractivity contribution < 1.29 is 32.6 Å². The van der Waals surface area contributed by atoms with Crippen LogP contribution in [0.25, 0.3) is 10.8 Å². The van der Waals surface area contributed by atoms with Gasteiger partial charge in [-0.15, -0.1) is 0 Å². The number of hydrogen-bond donors (Lipinski definition) is 1. The van der Waals surface area contributed by atoms with Crippen molar-refractivity contribution in [1.29, 1.82) is 0 Å². The fourth-order valence-electron chi connectivity index (χ4n) is 3.74. The van der Waals surface area contributed by atoms with Crippen LogP contribution in [-0.2, 0) is 29.0 Å². The highest BCUT2D eigenvalue weighted by atomic mass is 32.2. The number of carboxylic acid groups (broad SMARTS) is 1. The Kier molecular flexibility index (Phi) is 10.5. The molecule has 1 atom stereocenters. The number of nitrogens with zero attached hydrogens (tertiary/aromatic N) is 1.